The topological polar surface area (TPSA) is 84.6 Å². The van der Waals surface area contributed by atoms with Crippen molar-refractivity contribution < 1.29 is 14.6 Å². The number of nitrogen functional groups attached to an aromatic ring is 1. The van der Waals surface area contributed by atoms with Crippen LogP contribution < -0.4 is 11.1 Å². The van der Waals surface area contributed by atoms with Crippen LogP contribution in [0.5, 0.6) is 0 Å². The molecule has 0 unspecified atom stereocenters. The molecule has 5 heteroatoms. The van der Waals surface area contributed by atoms with Gasteiger partial charge in [-0.15, -0.1) is 0 Å². The molecule has 0 aliphatic heterocycles. The van der Waals surface area contributed by atoms with E-state index >= 15 is 0 Å². The van der Waals surface area contributed by atoms with E-state index < -0.39 is 5.97 Å². The lowest BCUT2D eigenvalue weighted by atomic mass is 10.1. The number of nitrogens with one attached hydrogen (secondary N) is 1. The van der Waals surface area contributed by atoms with Gasteiger partial charge in [0.2, 0.25) is 0 Å². The third-order valence-corrected chi connectivity index (χ3v) is 2.28. The van der Waals surface area contributed by atoms with Crippen molar-refractivity contribution in [3.05, 3.63) is 23.8 Å². The highest BCUT2D eigenvalue weighted by Crippen LogP contribution is 2.24. The number of nitrogens with two attached hydrogens (primary N) is 1. The van der Waals surface area contributed by atoms with E-state index in [0.717, 1.165) is 0 Å². The summed E-state index contributed by atoms with van der Waals surface area (Å²) in [4.78, 5) is 10.9. The van der Waals surface area contributed by atoms with E-state index in [2.05, 4.69) is 5.32 Å². The second-order valence-corrected chi connectivity index (χ2v) is 4.55. The highest BCUT2D eigenvalue weighted by Gasteiger charge is 2.18. The lowest BCUT2D eigenvalue weighted by Crippen LogP contribution is -2.36. The minimum atomic E-state index is -0.974. The Bertz CT molecular complexity index is 416. The molecule has 5 nitrogen and oxygen atoms in total. The highest BCUT2D eigenvalue weighted by atomic mass is 16.5. The fourth-order valence-corrected chi connectivity index (χ4v) is 1.56. The van der Waals surface area contributed by atoms with Crippen molar-refractivity contribution in [2.75, 3.05) is 24.8 Å². The standard InChI is InChI=1S/C12H18N2O3/c1-12(2,7-17-3)14-10-6-8(11(15)16)4-5-9(10)13/h4-6,14H,7,13H2,1-3H3,(H,15,16). The van der Waals surface area contributed by atoms with Crippen LogP contribution in [0.15, 0.2) is 18.2 Å². The molecule has 0 aromatic heterocycles. The van der Waals surface area contributed by atoms with Crippen molar-refractivity contribution in [2.24, 2.45) is 0 Å². The predicted octanol–water partition coefficient (Wildman–Crippen LogP) is 1.80. The Balaban J connectivity index is 2.97. The number of carbonyl (C=O) groups is 1. The van der Waals surface area contributed by atoms with Crippen molar-refractivity contribution in [3.8, 4) is 0 Å². The third-order valence-electron chi connectivity index (χ3n) is 2.28. The Labute approximate surface area is 101 Å². The zero-order valence-corrected chi connectivity index (χ0v) is 10.3. The number of hydrogen-bond donors (Lipinski definition) is 3. The molecular weight excluding hydrogens is 220 g/mol. The van der Waals surface area contributed by atoms with Crippen LogP contribution in [0.4, 0.5) is 11.4 Å². The van der Waals surface area contributed by atoms with E-state index in [1.165, 1.54) is 12.1 Å². The van der Waals surface area contributed by atoms with Gasteiger partial charge in [0, 0.05) is 7.11 Å². The number of carboxylic acid groups (broad SMARTS) is 1. The zero-order chi connectivity index (χ0) is 13.1. The highest BCUT2D eigenvalue weighted by molar-refractivity contribution is 5.90. The second kappa shape index (κ2) is 5.05. The molecule has 4 N–H and O–H groups in total. The van der Waals surface area contributed by atoms with E-state index in [1.54, 1.807) is 13.2 Å². The molecule has 0 bridgehead atoms. The van der Waals surface area contributed by atoms with Gasteiger partial charge in [-0.1, -0.05) is 0 Å². The van der Waals surface area contributed by atoms with Gasteiger partial charge >= 0.3 is 5.97 Å². The number of ether oxygens (including phenoxy) is 1. The van der Waals surface area contributed by atoms with Crippen LogP contribution in [0.1, 0.15) is 24.2 Å². The van der Waals surface area contributed by atoms with Gasteiger partial charge in [0.05, 0.1) is 29.1 Å². The summed E-state index contributed by atoms with van der Waals surface area (Å²) in [6, 6.07) is 4.58. The number of rotatable bonds is 5. The first-order valence-corrected chi connectivity index (χ1v) is 5.25. The molecule has 94 valence electrons. The van der Waals surface area contributed by atoms with Crippen LogP contribution in [-0.2, 0) is 4.74 Å². The van der Waals surface area contributed by atoms with Gasteiger partial charge in [-0.05, 0) is 32.0 Å². The SMILES string of the molecule is COCC(C)(C)Nc1cc(C(=O)O)ccc1N. The maximum absolute atomic E-state index is 10.9. The fraction of sp³-hybridized carbons (Fsp3) is 0.417. The summed E-state index contributed by atoms with van der Waals surface area (Å²) in [5, 5.41) is 12.1. The Morgan fingerprint density at radius 3 is 2.71 bits per heavy atom. The first kappa shape index (κ1) is 13.3. The van der Waals surface area contributed by atoms with Gasteiger partial charge in [0.15, 0.2) is 0 Å². The Morgan fingerprint density at radius 1 is 1.53 bits per heavy atom. The molecule has 0 fully saturated rings. The monoisotopic (exact) mass is 238 g/mol. The summed E-state index contributed by atoms with van der Waals surface area (Å²) in [7, 11) is 1.61. The Morgan fingerprint density at radius 2 is 2.18 bits per heavy atom. The van der Waals surface area contributed by atoms with E-state index in [-0.39, 0.29) is 11.1 Å². The van der Waals surface area contributed by atoms with Crippen LogP contribution in [0.25, 0.3) is 0 Å². The molecule has 0 saturated carbocycles. The number of aromatic carboxylic acids is 1. The second-order valence-electron chi connectivity index (χ2n) is 4.55. The first-order chi connectivity index (χ1) is 7.85. The molecule has 0 spiro atoms. The molecule has 17 heavy (non-hydrogen) atoms. The van der Waals surface area contributed by atoms with E-state index in [4.69, 9.17) is 15.6 Å². The largest absolute Gasteiger partial charge is 0.478 e. The molecule has 0 saturated heterocycles. The number of benzene rings is 1. The predicted molar refractivity (Wildman–Crippen MR) is 67.4 cm³/mol. The zero-order valence-electron chi connectivity index (χ0n) is 10.3. The van der Waals surface area contributed by atoms with Crippen molar-refractivity contribution in [1.29, 1.82) is 0 Å². The van der Waals surface area contributed by atoms with Crippen LogP contribution in [0.2, 0.25) is 0 Å². The molecule has 1 rings (SSSR count). The van der Waals surface area contributed by atoms with Gasteiger partial charge in [0.25, 0.3) is 0 Å². The van der Waals surface area contributed by atoms with Crippen molar-refractivity contribution in [3.63, 3.8) is 0 Å². The van der Waals surface area contributed by atoms with Gasteiger partial charge in [-0.2, -0.15) is 0 Å². The molecule has 1 aromatic rings. The van der Waals surface area contributed by atoms with E-state index in [0.29, 0.717) is 18.0 Å². The lowest BCUT2D eigenvalue weighted by molar-refractivity contribution is 0.0697. The van der Waals surface area contributed by atoms with Crippen LogP contribution in [0, 0.1) is 0 Å². The van der Waals surface area contributed by atoms with E-state index in [1.807, 2.05) is 13.8 Å². The summed E-state index contributed by atoms with van der Waals surface area (Å²) < 4.78 is 5.08. The average Bonchev–Trinajstić information content (AvgIpc) is 2.20. The van der Waals surface area contributed by atoms with Crippen LogP contribution in [-0.4, -0.2) is 30.3 Å². The Hall–Kier alpha value is -1.75. The minimum Gasteiger partial charge on any atom is -0.478 e. The van der Waals surface area contributed by atoms with Gasteiger partial charge in [0.1, 0.15) is 0 Å². The molecule has 0 aliphatic carbocycles. The molecule has 1 aromatic carbocycles. The molecule has 0 radical (unpaired) electrons. The molecule has 0 atom stereocenters. The van der Waals surface area contributed by atoms with Crippen molar-refractivity contribution >= 4 is 17.3 Å². The van der Waals surface area contributed by atoms with Crippen LogP contribution >= 0.6 is 0 Å². The smallest absolute Gasteiger partial charge is 0.335 e. The molecule has 0 aliphatic rings. The van der Waals surface area contributed by atoms with Gasteiger partial charge in [-0.3, -0.25) is 0 Å². The summed E-state index contributed by atoms with van der Waals surface area (Å²) >= 11 is 0. The quantitative estimate of drug-likeness (QED) is 0.681. The Kier molecular flexibility index (Phi) is 3.96. The maximum atomic E-state index is 10.9. The molecule has 0 heterocycles. The van der Waals surface area contributed by atoms with Crippen LogP contribution in [0.3, 0.4) is 0 Å². The average molecular weight is 238 g/mol. The summed E-state index contributed by atoms with van der Waals surface area (Å²) in [5.74, 6) is -0.974. The third kappa shape index (κ3) is 3.64. The normalized spacial score (nSPS) is 11.2. The number of methoxy groups -OCH3 is 1. The summed E-state index contributed by atoms with van der Waals surface area (Å²) in [5.41, 5.74) is 6.80. The molecule has 0 amide bonds. The van der Waals surface area contributed by atoms with Crippen molar-refractivity contribution in [1.82, 2.24) is 0 Å². The number of hydrogen-bond acceptors (Lipinski definition) is 4. The van der Waals surface area contributed by atoms with E-state index in [9.17, 15) is 4.79 Å². The lowest BCUT2D eigenvalue weighted by Gasteiger charge is -2.27. The van der Waals surface area contributed by atoms with Gasteiger partial charge in [-0.25, -0.2) is 4.79 Å². The van der Waals surface area contributed by atoms with Gasteiger partial charge < -0.3 is 20.9 Å². The summed E-state index contributed by atoms with van der Waals surface area (Å²) in [6.07, 6.45) is 0. The van der Waals surface area contributed by atoms with Crippen molar-refractivity contribution in [2.45, 2.75) is 19.4 Å². The summed E-state index contributed by atoms with van der Waals surface area (Å²) in [6.45, 7) is 4.39. The minimum absolute atomic E-state index is 0.204. The number of anilines is 2. The first-order valence-electron chi connectivity index (χ1n) is 5.25. The number of carboxylic acids is 1. The maximum Gasteiger partial charge on any atom is 0.335 e. The fourth-order valence-electron chi connectivity index (χ4n) is 1.56. The molecular formula is C12H18N2O3.